The molecule has 1 heterocycles. The zero-order valence-electron chi connectivity index (χ0n) is 22.4. The van der Waals surface area contributed by atoms with E-state index in [4.69, 9.17) is 18.6 Å². The molecule has 0 atom stereocenters. The summed E-state index contributed by atoms with van der Waals surface area (Å²) in [5.41, 5.74) is 1.98. The van der Waals surface area contributed by atoms with Gasteiger partial charge in [-0.05, 0) is 48.2 Å². The lowest BCUT2D eigenvalue weighted by Gasteiger charge is -2.27. The number of amides is 3. The summed E-state index contributed by atoms with van der Waals surface area (Å²) in [4.78, 5) is 29.8. The predicted molar refractivity (Wildman–Crippen MR) is 144 cm³/mol. The van der Waals surface area contributed by atoms with Gasteiger partial charge >= 0.3 is 6.03 Å². The van der Waals surface area contributed by atoms with E-state index in [1.54, 1.807) is 38.6 Å². The van der Waals surface area contributed by atoms with Gasteiger partial charge in [0.15, 0.2) is 11.5 Å². The minimum absolute atomic E-state index is 0.0586. The van der Waals surface area contributed by atoms with Crippen molar-refractivity contribution in [3.8, 4) is 11.5 Å². The van der Waals surface area contributed by atoms with Gasteiger partial charge in [-0.1, -0.05) is 36.4 Å². The molecule has 0 aliphatic heterocycles. The highest BCUT2D eigenvalue weighted by Gasteiger charge is 2.22. The number of carbonyl (C=O) groups excluding carboxylic acids is 2. The first kappa shape index (κ1) is 28.6. The van der Waals surface area contributed by atoms with Crippen LogP contribution < -0.4 is 14.8 Å². The standard InChI is InChI=1S/C29H37N3O6/c1-35-17-8-15-32(29(34)30-20-24-9-5-4-6-10-24)22-28(33)31(21-25-11-7-18-38-25)16-14-23-12-13-26(36-2)27(19-23)37-3/h4-7,9-13,18-19H,8,14-17,20-22H2,1-3H3,(H,30,34). The zero-order chi connectivity index (χ0) is 27.2. The second kappa shape index (κ2) is 15.3. The number of furan rings is 1. The minimum Gasteiger partial charge on any atom is -0.493 e. The molecular formula is C29H37N3O6. The molecule has 1 aromatic heterocycles. The average molecular weight is 524 g/mol. The Morgan fingerprint density at radius 2 is 1.66 bits per heavy atom. The SMILES string of the molecule is COCCCN(CC(=O)N(CCc1ccc(OC)c(OC)c1)Cc1ccco1)C(=O)NCc1ccccc1. The lowest BCUT2D eigenvalue weighted by molar-refractivity contribution is -0.132. The molecule has 204 valence electrons. The third-order valence-electron chi connectivity index (χ3n) is 6.07. The number of benzene rings is 2. The van der Waals surface area contributed by atoms with Crippen molar-refractivity contribution in [3.05, 3.63) is 83.8 Å². The molecule has 0 saturated carbocycles. The van der Waals surface area contributed by atoms with Crippen LogP contribution in [0.25, 0.3) is 0 Å². The van der Waals surface area contributed by atoms with E-state index in [-0.39, 0.29) is 18.5 Å². The number of ether oxygens (including phenoxy) is 3. The van der Waals surface area contributed by atoms with Crippen LogP contribution in [0.3, 0.4) is 0 Å². The Hall–Kier alpha value is -3.98. The monoisotopic (exact) mass is 523 g/mol. The highest BCUT2D eigenvalue weighted by atomic mass is 16.5. The molecule has 3 aromatic rings. The summed E-state index contributed by atoms with van der Waals surface area (Å²) in [6.45, 7) is 1.95. The molecule has 2 aromatic carbocycles. The molecule has 9 nitrogen and oxygen atoms in total. The van der Waals surface area contributed by atoms with Crippen molar-refractivity contribution in [1.29, 1.82) is 0 Å². The van der Waals surface area contributed by atoms with Crippen LogP contribution in [-0.4, -0.2) is 69.3 Å². The molecule has 0 saturated heterocycles. The van der Waals surface area contributed by atoms with Crippen LogP contribution in [0.1, 0.15) is 23.3 Å². The number of hydrogen-bond donors (Lipinski definition) is 1. The van der Waals surface area contributed by atoms with E-state index in [0.717, 1.165) is 11.1 Å². The normalized spacial score (nSPS) is 10.6. The number of carbonyl (C=O) groups is 2. The highest BCUT2D eigenvalue weighted by molar-refractivity contribution is 5.84. The van der Waals surface area contributed by atoms with Gasteiger partial charge in [-0.3, -0.25) is 4.79 Å². The van der Waals surface area contributed by atoms with E-state index in [9.17, 15) is 9.59 Å². The Morgan fingerprint density at radius 1 is 0.868 bits per heavy atom. The van der Waals surface area contributed by atoms with E-state index < -0.39 is 0 Å². The molecule has 0 spiro atoms. The van der Waals surface area contributed by atoms with Gasteiger partial charge in [-0.2, -0.15) is 0 Å². The van der Waals surface area contributed by atoms with E-state index >= 15 is 0 Å². The average Bonchev–Trinajstić information content (AvgIpc) is 3.47. The highest BCUT2D eigenvalue weighted by Crippen LogP contribution is 2.27. The van der Waals surface area contributed by atoms with Gasteiger partial charge in [0.05, 0.1) is 27.0 Å². The predicted octanol–water partition coefficient (Wildman–Crippen LogP) is 4.12. The molecule has 1 N–H and O–H groups in total. The maximum absolute atomic E-state index is 13.5. The van der Waals surface area contributed by atoms with Crippen molar-refractivity contribution in [2.24, 2.45) is 0 Å². The summed E-state index contributed by atoms with van der Waals surface area (Å²) in [6, 6.07) is 18.7. The second-order valence-corrected chi connectivity index (χ2v) is 8.75. The fourth-order valence-electron chi connectivity index (χ4n) is 3.98. The number of nitrogens with one attached hydrogen (secondary N) is 1. The summed E-state index contributed by atoms with van der Waals surface area (Å²) < 4.78 is 21.4. The number of hydrogen-bond acceptors (Lipinski definition) is 6. The smallest absolute Gasteiger partial charge is 0.318 e. The summed E-state index contributed by atoms with van der Waals surface area (Å²) in [5.74, 6) is 1.78. The Kier molecular flexibility index (Phi) is 11.5. The van der Waals surface area contributed by atoms with Crippen molar-refractivity contribution < 1.29 is 28.2 Å². The van der Waals surface area contributed by atoms with E-state index in [1.165, 1.54) is 4.90 Å². The van der Waals surface area contributed by atoms with Crippen molar-refractivity contribution in [1.82, 2.24) is 15.1 Å². The fourth-order valence-corrected chi connectivity index (χ4v) is 3.98. The quantitative estimate of drug-likeness (QED) is 0.301. The van der Waals surface area contributed by atoms with Crippen LogP contribution in [0.5, 0.6) is 11.5 Å². The Labute approximate surface area is 224 Å². The molecular weight excluding hydrogens is 486 g/mol. The lowest BCUT2D eigenvalue weighted by Crippen LogP contribution is -2.47. The first-order valence-electron chi connectivity index (χ1n) is 12.6. The maximum atomic E-state index is 13.5. The molecule has 9 heteroatoms. The number of rotatable bonds is 15. The van der Waals surface area contributed by atoms with Gasteiger partial charge in [0, 0.05) is 33.4 Å². The van der Waals surface area contributed by atoms with Gasteiger partial charge < -0.3 is 33.7 Å². The van der Waals surface area contributed by atoms with Crippen molar-refractivity contribution >= 4 is 11.9 Å². The van der Waals surface area contributed by atoms with E-state index in [0.29, 0.717) is 62.9 Å². The summed E-state index contributed by atoms with van der Waals surface area (Å²) >= 11 is 0. The third kappa shape index (κ3) is 8.85. The minimum atomic E-state index is -0.295. The van der Waals surface area contributed by atoms with Crippen molar-refractivity contribution in [3.63, 3.8) is 0 Å². The molecule has 0 aliphatic carbocycles. The molecule has 0 unspecified atom stereocenters. The molecule has 3 amide bonds. The van der Waals surface area contributed by atoms with Crippen LogP contribution in [0.15, 0.2) is 71.3 Å². The van der Waals surface area contributed by atoms with Gasteiger partial charge in [0.25, 0.3) is 0 Å². The van der Waals surface area contributed by atoms with Crippen LogP contribution in [0.2, 0.25) is 0 Å². The van der Waals surface area contributed by atoms with Crippen LogP contribution in [-0.2, 0) is 29.0 Å². The molecule has 0 aliphatic rings. The topological polar surface area (TPSA) is 93.5 Å². The molecule has 3 rings (SSSR count). The maximum Gasteiger partial charge on any atom is 0.318 e. The largest absolute Gasteiger partial charge is 0.493 e. The van der Waals surface area contributed by atoms with E-state index in [2.05, 4.69) is 5.32 Å². The molecule has 0 radical (unpaired) electrons. The first-order valence-corrected chi connectivity index (χ1v) is 12.6. The number of nitrogens with zero attached hydrogens (tertiary/aromatic N) is 2. The summed E-state index contributed by atoms with van der Waals surface area (Å²) in [7, 11) is 4.80. The van der Waals surface area contributed by atoms with Gasteiger partial charge in [-0.15, -0.1) is 0 Å². The van der Waals surface area contributed by atoms with Gasteiger partial charge in [0.1, 0.15) is 12.3 Å². The van der Waals surface area contributed by atoms with Crippen LogP contribution in [0, 0.1) is 0 Å². The molecule has 38 heavy (non-hydrogen) atoms. The third-order valence-corrected chi connectivity index (χ3v) is 6.07. The number of urea groups is 1. The molecule has 0 bridgehead atoms. The van der Waals surface area contributed by atoms with Crippen molar-refractivity contribution in [2.45, 2.75) is 25.9 Å². The lowest BCUT2D eigenvalue weighted by atomic mass is 10.1. The Morgan fingerprint density at radius 3 is 2.34 bits per heavy atom. The van der Waals surface area contributed by atoms with Crippen molar-refractivity contribution in [2.75, 3.05) is 47.6 Å². The van der Waals surface area contributed by atoms with Gasteiger partial charge in [-0.25, -0.2) is 4.79 Å². The second-order valence-electron chi connectivity index (χ2n) is 8.75. The van der Waals surface area contributed by atoms with Crippen LogP contribution in [0.4, 0.5) is 4.79 Å². The summed E-state index contributed by atoms with van der Waals surface area (Å²) in [6.07, 6.45) is 2.80. The Balaban J connectivity index is 1.69. The number of methoxy groups -OCH3 is 3. The summed E-state index contributed by atoms with van der Waals surface area (Å²) in [5, 5.41) is 2.93. The zero-order valence-corrected chi connectivity index (χ0v) is 22.4. The first-order chi connectivity index (χ1) is 18.5. The molecule has 0 fully saturated rings. The van der Waals surface area contributed by atoms with Crippen LogP contribution >= 0.6 is 0 Å². The fraction of sp³-hybridized carbons (Fsp3) is 0.379. The Bertz CT molecular complexity index is 1120. The van der Waals surface area contributed by atoms with Gasteiger partial charge in [0.2, 0.25) is 5.91 Å². The van der Waals surface area contributed by atoms with E-state index in [1.807, 2.05) is 54.6 Å².